The first-order valence-electron chi connectivity index (χ1n) is 8.32. The van der Waals surface area contributed by atoms with Crippen molar-refractivity contribution in [3.05, 3.63) is 0 Å². The Balaban J connectivity index is 4.02. The van der Waals surface area contributed by atoms with Crippen molar-refractivity contribution >= 4 is 5.97 Å². The summed E-state index contributed by atoms with van der Waals surface area (Å²) in [5.74, 6) is 0.166. The van der Waals surface area contributed by atoms with Crippen molar-refractivity contribution in [3.63, 3.8) is 0 Å². The van der Waals surface area contributed by atoms with Crippen LogP contribution in [0.5, 0.6) is 0 Å². The van der Waals surface area contributed by atoms with Gasteiger partial charge in [0, 0.05) is 0 Å². The van der Waals surface area contributed by atoms with Crippen LogP contribution in [0, 0.1) is 5.92 Å². The van der Waals surface area contributed by atoms with Crippen LogP contribution in [0.4, 0.5) is 0 Å². The number of hydrogen-bond acceptors (Lipinski definition) is 2. The summed E-state index contributed by atoms with van der Waals surface area (Å²) in [4.78, 5) is 12.1. The molecule has 0 unspecified atom stereocenters. The molecule has 0 saturated carbocycles. The zero-order chi connectivity index (χ0) is 14.5. The van der Waals surface area contributed by atoms with Gasteiger partial charge in [0.15, 0.2) is 0 Å². The van der Waals surface area contributed by atoms with E-state index >= 15 is 0 Å². The first kappa shape index (κ1) is 18.5. The maximum atomic E-state index is 12.1. The fourth-order valence-electron chi connectivity index (χ4n) is 2.34. The summed E-state index contributed by atoms with van der Waals surface area (Å²) in [6, 6.07) is 0. The van der Waals surface area contributed by atoms with Crippen LogP contribution in [0.15, 0.2) is 0 Å². The van der Waals surface area contributed by atoms with Gasteiger partial charge in [-0.15, -0.1) is 0 Å². The number of esters is 1. The zero-order valence-corrected chi connectivity index (χ0v) is 13.5. The van der Waals surface area contributed by atoms with Gasteiger partial charge in [0.25, 0.3) is 0 Å². The van der Waals surface area contributed by atoms with Crippen molar-refractivity contribution in [1.29, 1.82) is 0 Å². The molecule has 19 heavy (non-hydrogen) atoms. The molecular formula is C17H34O2. The Bertz CT molecular complexity index is 199. The fourth-order valence-corrected chi connectivity index (χ4v) is 2.34. The fraction of sp³-hybridized carbons (Fsp3) is 0.941. The van der Waals surface area contributed by atoms with Crippen LogP contribution in [0.2, 0.25) is 0 Å². The van der Waals surface area contributed by atoms with Crippen molar-refractivity contribution in [3.8, 4) is 0 Å². The summed E-state index contributed by atoms with van der Waals surface area (Å²) < 4.78 is 5.39. The third-order valence-corrected chi connectivity index (χ3v) is 3.50. The van der Waals surface area contributed by atoms with E-state index < -0.39 is 0 Å². The largest absolute Gasteiger partial charge is 0.463 e. The highest BCUT2D eigenvalue weighted by atomic mass is 16.5. The minimum absolute atomic E-state index is 0.0151. The number of rotatable bonds is 12. The Labute approximate surface area is 120 Å². The normalized spacial score (nSPS) is 11.3. The van der Waals surface area contributed by atoms with E-state index in [-0.39, 0.29) is 18.0 Å². The lowest BCUT2D eigenvalue weighted by Crippen LogP contribution is -2.21. The Morgan fingerprint density at radius 1 is 0.842 bits per heavy atom. The quantitative estimate of drug-likeness (QED) is 0.346. The molecule has 0 amide bonds. The zero-order valence-electron chi connectivity index (χ0n) is 13.5. The average molecular weight is 270 g/mol. The van der Waals surface area contributed by atoms with Gasteiger partial charge in [0.2, 0.25) is 0 Å². The van der Waals surface area contributed by atoms with Gasteiger partial charge in [-0.05, 0) is 26.7 Å². The van der Waals surface area contributed by atoms with E-state index in [2.05, 4.69) is 13.8 Å². The number of ether oxygens (including phenoxy) is 1. The standard InChI is InChI=1S/C17H34O2/c1-5-7-9-11-13-16(14-12-10-8-6-2)17(18)19-15(3)4/h15-16H,5-14H2,1-4H3. The van der Waals surface area contributed by atoms with Crippen LogP contribution in [-0.2, 0) is 9.53 Å². The van der Waals surface area contributed by atoms with Gasteiger partial charge in [0.1, 0.15) is 0 Å². The van der Waals surface area contributed by atoms with E-state index in [9.17, 15) is 4.79 Å². The molecule has 0 aromatic rings. The molecule has 0 aromatic heterocycles. The number of hydrogen-bond donors (Lipinski definition) is 0. The minimum Gasteiger partial charge on any atom is -0.463 e. The lowest BCUT2D eigenvalue weighted by molar-refractivity contribution is -0.153. The van der Waals surface area contributed by atoms with Crippen molar-refractivity contribution in [2.24, 2.45) is 5.92 Å². The number of unbranched alkanes of at least 4 members (excludes halogenated alkanes) is 6. The van der Waals surface area contributed by atoms with E-state index in [0.717, 1.165) is 12.8 Å². The van der Waals surface area contributed by atoms with Gasteiger partial charge in [0.05, 0.1) is 12.0 Å². The number of carbonyl (C=O) groups excluding carboxylic acids is 1. The molecule has 0 aromatic carbocycles. The Morgan fingerprint density at radius 2 is 1.32 bits per heavy atom. The average Bonchev–Trinajstić information content (AvgIpc) is 2.36. The maximum absolute atomic E-state index is 12.1. The first-order valence-corrected chi connectivity index (χ1v) is 8.32. The van der Waals surface area contributed by atoms with Crippen molar-refractivity contribution in [2.45, 2.75) is 98.0 Å². The van der Waals surface area contributed by atoms with Crippen molar-refractivity contribution < 1.29 is 9.53 Å². The van der Waals surface area contributed by atoms with Crippen LogP contribution in [0.25, 0.3) is 0 Å². The molecule has 0 rings (SSSR count). The van der Waals surface area contributed by atoms with E-state index in [0.29, 0.717) is 0 Å². The van der Waals surface area contributed by atoms with Gasteiger partial charge >= 0.3 is 5.97 Å². The molecule has 0 bridgehead atoms. The number of carbonyl (C=O) groups is 1. The predicted octanol–water partition coefficient (Wildman–Crippen LogP) is 5.50. The predicted molar refractivity (Wildman–Crippen MR) is 82.2 cm³/mol. The SMILES string of the molecule is CCCCCCC(CCCCCC)C(=O)OC(C)C. The van der Waals surface area contributed by atoms with Crippen LogP contribution in [-0.4, -0.2) is 12.1 Å². The Kier molecular flexibility index (Phi) is 12.2. The van der Waals surface area contributed by atoms with E-state index in [1.54, 1.807) is 0 Å². The van der Waals surface area contributed by atoms with E-state index in [1.165, 1.54) is 51.4 Å². The lowest BCUT2D eigenvalue weighted by Gasteiger charge is -2.17. The Morgan fingerprint density at radius 3 is 1.68 bits per heavy atom. The molecular weight excluding hydrogens is 236 g/mol. The summed E-state index contributed by atoms with van der Waals surface area (Å²) in [5, 5.41) is 0. The molecule has 114 valence electrons. The smallest absolute Gasteiger partial charge is 0.309 e. The van der Waals surface area contributed by atoms with Gasteiger partial charge in [-0.1, -0.05) is 65.2 Å². The lowest BCUT2D eigenvalue weighted by atomic mass is 9.94. The highest BCUT2D eigenvalue weighted by Gasteiger charge is 2.20. The third kappa shape index (κ3) is 11.0. The minimum atomic E-state index is 0.0151. The maximum Gasteiger partial charge on any atom is 0.309 e. The van der Waals surface area contributed by atoms with E-state index in [1.807, 2.05) is 13.8 Å². The molecule has 0 radical (unpaired) electrons. The molecule has 2 nitrogen and oxygen atoms in total. The molecule has 2 heteroatoms. The van der Waals surface area contributed by atoms with Crippen LogP contribution < -0.4 is 0 Å². The Hall–Kier alpha value is -0.530. The highest BCUT2D eigenvalue weighted by molar-refractivity contribution is 5.72. The molecule has 0 aliphatic carbocycles. The van der Waals surface area contributed by atoms with Crippen LogP contribution in [0.1, 0.15) is 91.9 Å². The second-order valence-electron chi connectivity index (χ2n) is 5.88. The van der Waals surface area contributed by atoms with Gasteiger partial charge in [-0.3, -0.25) is 4.79 Å². The van der Waals surface area contributed by atoms with Crippen LogP contribution in [0.3, 0.4) is 0 Å². The van der Waals surface area contributed by atoms with Gasteiger partial charge < -0.3 is 4.74 Å². The summed E-state index contributed by atoms with van der Waals surface area (Å²) in [6.45, 7) is 8.30. The summed E-state index contributed by atoms with van der Waals surface area (Å²) in [7, 11) is 0. The summed E-state index contributed by atoms with van der Waals surface area (Å²) in [6.07, 6.45) is 11.9. The molecule has 0 aliphatic heterocycles. The monoisotopic (exact) mass is 270 g/mol. The second kappa shape index (κ2) is 12.5. The molecule has 0 saturated heterocycles. The molecule has 0 N–H and O–H groups in total. The third-order valence-electron chi connectivity index (χ3n) is 3.50. The summed E-state index contributed by atoms with van der Waals surface area (Å²) >= 11 is 0. The second-order valence-corrected chi connectivity index (χ2v) is 5.88. The molecule has 0 fully saturated rings. The highest BCUT2D eigenvalue weighted by Crippen LogP contribution is 2.20. The topological polar surface area (TPSA) is 26.3 Å². The molecule has 0 spiro atoms. The van der Waals surface area contributed by atoms with E-state index in [4.69, 9.17) is 4.74 Å². The van der Waals surface area contributed by atoms with Crippen molar-refractivity contribution in [1.82, 2.24) is 0 Å². The van der Waals surface area contributed by atoms with Gasteiger partial charge in [-0.25, -0.2) is 0 Å². The molecule has 0 aliphatic rings. The first-order chi connectivity index (χ1) is 9.11. The van der Waals surface area contributed by atoms with Crippen LogP contribution >= 0.6 is 0 Å². The molecule has 0 atom stereocenters. The van der Waals surface area contributed by atoms with Crippen molar-refractivity contribution in [2.75, 3.05) is 0 Å². The molecule has 0 heterocycles. The van der Waals surface area contributed by atoms with Gasteiger partial charge in [-0.2, -0.15) is 0 Å². The summed E-state index contributed by atoms with van der Waals surface area (Å²) in [5.41, 5.74) is 0.